The van der Waals surface area contributed by atoms with Crippen LogP contribution in [0.4, 0.5) is 0 Å². The van der Waals surface area contributed by atoms with Crippen molar-refractivity contribution >= 4 is 11.8 Å². The Bertz CT molecular complexity index is 647. The molecule has 0 fully saturated rings. The molecule has 0 radical (unpaired) electrons. The Morgan fingerprint density at radius 3 is 2.58 bits per heavy atom. The molecule has 0 saturated heterocycles. The summed E-state index contributed by atoms with van der Waals surface area (Å²) in [6.07, 6.45) is 4.43. The summed E-state index contributed by atoms with van der Waals surface area (Å²) in [5, 5.41) is 5.61. The van der Waals surface area contributed by atoms with Gasteiger partial charge in [-0.3, -0.25) is 14.6 Å². The molecule has 24 heavy (non-hydrogen) atoms. The summed E-state index contributed by atoms with van der Waals surface area (Å²) in [5.41, 5.74) is 6.84. The lowest BCUT2D eigenvalue weighted by atomic mass is 10.1. The lowest BCUT2D eigenvalue weighted by Gasteiger charge is -2.18. The van der Waals surface area contributed by atoms with E-state index < -0.39 is 6.04 Å². The number of pyridine rings is 1. The summed E-state index contributed by atoms with van der Waals surface area (Å²) in [5.74, 6) is -0.505. The number of carbonyl (C=O) groups excluding carboxylic acids is 2. The van der Waals surface area contributed by atoms with Crippen molar-refractivity contribution in [1.82, 2.24) is 15.6 Å². The molecule has 1 aromatic carbocycles. The third-order valence-corrected chi connectivity index (χ3v) is 3.50. The van der Waals surface area contributed by atoms with Gasteiger partial charge in [-0.25, -0.2) is 0 Å². The Hall–Kier alpha value is -2.73. The maximum Gasteiger partial charge on any atom is 0.251 e. The van der Waals surface area contributed by atoms with E-state index in [1.54, 1.807) is 42.7 Å². The standard InChI is InChI=1S/C18H22N4O2/c19-9-5-11-21-18(24)16(12-14-6-4-10-20-13-14)22-17(23)15-7-2-1-3-8-15/h1-4,6-8,10,13,16H,5,9,11-12,19H2,(H,21,24)(H,22,23). The second-order valence-corrected chi connectivity index (χ2v) is 5.39. The van der Waals surface area contributed by atoms with E-state index in [-0.39, 0.29) is 11.8 Å². The van der Waals surface area contributed by atoms with E-state index in [4.69, 9.17) is 5.73 Å². The highest BCUT2D eigenvalue weighted by molar-refractivity contribution is 5.97. The van der Waals surface area contributed by atoms with Gasteiger partial charge in [0.05, 0.1) is 0 Å². The van der Waals surface area contributed by atoms with Crippen LogP contribution in [0.15, 0.2) is 54.9 Å². The van der Waals surface area contributed by atoms with E-state index in [1.807, 2.05) is 12.1 Å². The molecule has 0 aliphatic rings. The molecule has 1 heterocycles. The van der Waals surface area contributed by atoms with Crippen molar-refractivity contribution in [1.29, 1.82) is 0 Å². The van der Waals surface area contributed by atoms with Crippen LogP contribution >= 0.6 is 0 Å². The van der Waals surface area contributed by atoms with Crippen molar-refractivity contribution in [2.75, 3.05) is 13.1 Å². The van der Waals surface area contributed by atoms with Crippen molar-refractivity contribution in [3.8, 4) is 0 Å². The first-order chi connectivity index (χ1) is 11.7. The van der Waals surface area contributed by atoms with Crippen molar-refractivity contribution in [3.05, 3.63) is 66.0 Å². The van der Waals surface area contributed by atoms with E-state index in [1.165, 1.54) is 0 Å². The third-order valence-electron chi connectivity index (χ3n) is 3.50. The number of rotatable bonds is 8. The first kappa shape index (κ1) is 17.6. The number of hydrogen-bond acceptors (Lipinski definition) is 4. The van der Waals surface area contributed by atoms with Gasteiger partial charge in [-0.05, 0) is 36.7 Å². The first-order valence-electron chi connectivity index (χ1n) is 7.93. The summed E-state index contributed by atoms with van der Waals surface area (Å²) < 4.78 is 0. The van der Waals surface area contributed by atoms with Crippen LogP contribution < -0.4 is 16.4 Å². The number of nitrogens with zero attached hydrogens (tertiary/aromatic N) is 1. The van der Waals surface area contributed by atoms with Gasteiger partial charge in [-0.15, -0.1) is 0 Å². The van der Waals surface area contributed by atoms with Gasteiger partial charge in [0.15, 0.2) is 0 Å². The smallest absolute Gasteiger partial charge is 0.251 e. The number of benzene rings is 1. The topological polar surface area (TPSA) is 97.1 Å². The molecule has 1 aromatic heterocycles. The molecule has 0 aliphatic carbocycles. The van der Waals surface area contributed by atoms with Crippen LogP contribution in [0.2, 0.25) is 0 Å². The fourth-order valence-electron chi connectivity index (χ4n) is 2.23. The summed E-state index contributed by atoms with van der Waals surface area (Å²) in [6, 6.07) is 11.8. The fraction of sp³-hybridized carbons (Fsp3) is 0.278. The molecule has 126 valence electrons. The van der Waals surface area contributed by atoms with Crippen LogP contribution in [0.1, 0.15) is 22.3 Å². The van der Waals surface area contributed by atoms with Gasteiger partial charge in [0, 0.05) is 30.9 Å². The SMILES string of the molecule is NCCCNC(=O)C(Cc1cccnc1)NC(=O)c1ccccc1. The van der Waals surface area contributed by atoms with E-state index >= 15 is 0 Å². The predicted octanol–water partition coefficient (Wildman–Crippen LogP) is 0.888. The minimum Gasteiger partial charge on any atom is -0.354 e. The zero-order valence-electron chi connectivity index (χ0n) is 13.4. The largest absolute Gasteiger partial charge is 0.354 e. The predicted molar refractivity (Wildman–Crippen MR) is 92.3 cm³/mol. The van der Waals surface area contributed by atoms with E-state index in [0.717, 1.165) is 5.56 Å². The normalized spacial score (nSPS) is 11.5. The van der Waals surface area contributed by atoms with Crippen LogP contribution in [-0.4, -0.2) is 35.9 Å². The maximum absolute atomic E-state index is 12.4. The average molecular weight is 326 g/mol. The molecule has 0 bridgehead atoms. The second kappa shape index (κ2) is 9.42. The molecule has 4 N–H and O–H groups in total. The minimum absolute atomic E-state index is 0.225. The van der Waals surface area contributed by atoms with Gasteiger partial charge in [0.25, 0.3) is 5.91 Å². The lowest BCUT2D eigenvalue weighted by Crippen LogP contribution is -2.48. The number of carbonyl (C=O) groups is 2. The van der Waals surface area contributed by atoms with E-state index in [9.17, 15) is 9.59 Å². The number of nitrogens with two attached hydrogens (primary N) is 1. The van der Waals surface area contributed by atoms with Crippen molar-refractivity contribution in [2.45, 2.75) is 18.9 Å². The van der Waals surface area contributed by atoms with Crippen LogP contribution in [0.3, 0.4) is 0 Å². The molecule has 0 aliphatic heterocycles. The monoisotopic (exact) mass is 326 g/mol. The Labute approximate surface area is 141 Å². The fourth-order valence-corrected chi connectivity index (χ4v) is 2.23. The Morgan fingerprint density at radius 1 is 1.12 bits per heavy atom. The molecule has 0 saturated carbocycles. The third kappa shape index (κ3) is 5.48. The van der Waals surface area contributed by atoms with Crippen molar-refractivity contribution < 1.29 is 9.59 Å². The number of aromatic nitrogens is 1. The molecule has 2 amide bonds. The zero-order valence-corrected chi connectivity index (χ0v) is 13.4. The van der Waals surface area contributed by atoms with Gasteiger partial charge < -0.3 is 16.4 Å². The molecule has 6 nitrogen and oxygen atoms in total. The van der Waals surface area contributed by atoms with Gasteiger partial charge >= 0.3 is 0 Å². The van der Waals surface area contributed by atoms with Gasteiger partial charge in [0.1, 0.15) is 6.04 Å². The van der Waals surface area contributed by atoms with E-state index in [0.29, 0.717) is 31.5 Å². The summed E-state index contributed by atoms with van der Waals surface area (Å²) in [7, 11) is 0. The summed E-state index contributed by atoms with van der Waals surface area (Å²) in [4.78, 5) is 28.8. The van der Waals surface area contributed by atoms with Gasteiger partial charge in [-0.1, -0.05) is 24.3 Å². The molecular weight excluding hydrogens is 304 g/mol. The molecule has 0 spiro atoms. The van der Waals surface area contributed by atoms with Gasteiger partial charge in [0.2, 0.25) is 5.91 Å². The first-order valence-corrected chi connectivity index (χ1v) is 7.93. The molecular formula is C18H22N4O2. The lowest BCUT2D eigenvalue weighted by molar-refractivity contribution is -0.122. The molecule has 1 atom stereocenters. The summed E-state index contributed by atoms with van der Waals surface area (Å²) in [6.45, 7) is 0.990. The molecule has 6 heteroatoms. The van der Waals surface area contributed by atoms with Crippen LogP contribution in [0, 0.1) is 0 Å². The molecule has 1 unspecified atom stereocenters. The summed E-state index contributed by atoms with van der Waals surface area (Å²) >= 11 is 0. The van der Waals surface area contributed by atoms with E-state index in [2.05, 4.69) is 15.6 Å². The number of hydrogen-bond donors (Lipinski definition) is 3. The highest BCUT2D eigenvalue weighted by Crippen LogP contribution is 2.04. The maximum atomic E-state index is 12.4. The Morgan fingerprint density at radius 2 is 1.92 bits per heavy atom. The van der Waals surface area contributed by atoms with Crippen molar-refractivity contribution in [3.63, 3.8) is 0 Å². The van der Waals surface area contributed by atoms with Gasteiger partial charge in [-0.2, -0.15) is 0 Å². The number of nitrogens with one attached hydrogen (secondary N) is 2. The minimum atomic E-state index is -0.667. The number of amides is 2. The second-order valence-electron chi connectivity index (χ2n) is 5.39. The zero-order chi connectivity index (χ0) is 17.2. The van der Waals surface area contributed by atoms with Crippen LogP contribution in [-0.2, 0) is 11.2 Å². The quantitative estimate of drug-likeness (QED) is 0.628. The van der Waals surface area contributed by atoms with Crippen LogP contribution in [0.5, 0.6) is 0 Å². The Kier molecular flexibility index (Phi) is 6.91. The molecule has 2 aromatic rings. The highest BCUT2D eigenvalue weighted by atomic mass is 16.2. The van der Waals surface area contributed by atoms with Crippen molar-refractivity contribution in [2.24, 2.45) is 5.73 Å². The average Bonchev–Trinajstić information content (AvgIpc) is 2.63. The molecule has 2 rings (SSSR count). The highest BCUT2D eigenvalue weighted by Gasteiger charge is 2.21. The Balaban J connectivity index is 2.06. The van der Waals surface area contributed by atoms with Crippen LogP contribution in [0.25, 0.3) is 0 Å².